The minimum atomic E-state index is -0.301. The highest BCUT2D eigenvalue weighted by Crippen LogP contribution is 2.09. The summed E-state index contributed by atoms with van der Waals surface area (Å²) in [5, 5.41) is 6.10. The molecule has 0 aliphatic carbocycles. The van der Waals surface area contributed by atoms with Crippen molar-refractivity contribution in [2.75, 3.05) is 13.2 Å². The van der Waals surface area contributed by atoms with E-state index in [-0.39, 0.29) is 42.9 Å². The number of aromatic nitrogens is 3. The van der Waals surface area contributed by atoms with E-state index in [0.717, 1.165) is 17.2 Å². The Kier molecular flexibility index (Phi) is 8.31. The van der Waals surface area contributed by atoms with Gasteiger partial charge in [0.15, 0.2) is 0 Å². The Morgan fingerprint density at radius 2 is 2.20 bits per heavy atom. The third kappa shape index (κ3) is 5.15. The third-order valence-corrected chi connectivity index (χ3v) is 3.95. The van der Waals surface area contributed by atoms with Gasteiger partial charge in [-0.05, 0) is 25.5 Å². The number of hydrogen-bond donors (Lipinski definition) is 2. The molecule has 1 aliphatic heterocycles. The lowest BCUT2D eigenvalue weighted by atomic mass is 10.1. The summed E-state index contributed by atoms with van der Waals surface area (Å²) in [7, 11) is 0. The van der Waals surface area contributed by atoms with Gasteiger partial charge in [-0.2, -0.15) is 0 Å². The van der Waals surface area contributed by atoms with E-state index in [9.17, 15) is 4.79 Å². The molecular formula is C16H23Cl2N5O2. The van der Waals surface area contributed by atoms with Crippen molar-refractivity contribution in [3.05, 3.63) is 42.1 Å². The van der Waals surface area contributed by atoms with Crippen LogP contribution >= 0.6 is 24.8 Å². The predicted octanol–water partition coefficient (Wildman–Crippen LogP) is 1.41. The van der Waals surface area contributed by atoms with Crippen LogP contribution in [-0.4, -0.2) is 45.7 Å². The average Bonchev–Trinajstić information content (AvgIpc) is 2.99. The average molecular weight is 388 g/mol. The Bertz CT molecular complexity index is 677. The summed E-state index contributed by atoms with van der Waals surface area (Å²) in [6.07, 6.45) is 5.26. The maximum atomic E-state index is 12.2. The lowest BCUT2D eigenvalue weighted by Gasteiger charge is -2.29. The number of amides is 1. The van der Waals surface area contributed by atoms with Crippen molar-refractivity contribution in [3.63, 3.8) is 0 Å². The number of imidazole rings is 1. The zero-order chi connectivity index (χ0) is 16.2. The number of morpholine rings is 1. The molecule has 0 bridgehead atoms. The van der Waals surface area contributed by atoms with Crippen LogP contribution in [0.15, 0.2) is 30.7 Å². The first kappa shape index (κ1) is 21.4. The standard InChI is InChI=1S/C16H21N5O2.2ClH/c1-11-15(18-6-8-23-11)16(22)20-10-13-3-4-14(19-9-13)21-7-5-17-12(21)2;;/h3-5,7,9,11,15,18H,6,8,10H2,1-2H3,(H,20,22);2*1H/t11-,15+;;/m1../s1. The number of pyridine rings is 1. The summed E-state index contributed by atoms with van der Waals surface area (Å²) in [5.41, 5.74) is 0.948. The van der Waals surface area contributed by atoms with E-state index in [4.69, 9.17) is 4.74 Å². The Hall–Kier alpha value is -1.67. The lowest BCUT2D eigenvalue weighted by Crippen LogP contribution is -2.55. The zero-order valence-electron chi connectivity index (χ0n) is 14.1. The minimum Gasteiger partial charge on any atom is -0.375 e. The van der Waals surface area contributed by atoms with E-state index in [1.165, 1.54) is 0 Å². The van der Waals surface area contributed by atoms with E-state index in [1.807, 2.05) is 36.7 Å². The van der Waals surface area contributed by atoms with Crippen LogP contribution in [0, 0.1) is 6.92 Å². The van der Waals surface area contributed by atoms with Gasteiger partial charge < -0.3 is 15.4 Å². The number of halogens is 2. The van der Waals surface area contributed by atoms with Crippen LogP contribution in [0.3, 0.4) is 0 Å². The van der Waals surface area contributed by atoms with Crippen LogP contribution in [0.5, 0.6) is 0 Å². The van der Waals surface area contributed by atoms with Gasteiger partial charge in [0.2, 0.25) is 5.91 Å². The van der Waals surface area contributed by atoms with Crippen molar-refractivity contribution in [2.24, 2.45) is 0 Å². The van der Waals surface area contributed by atoms with Gasteiger partial charge in [0.1, 0.15) is 17.7 Å². The van der Waals surface area contributed by atoms with Crippen LogP contribution in [0.2, 0.25) is 0 Å². The maximum absolute atomic E-state index is 12.2. The molecule has 9 heteroatoms. The third-order valence-electron chi connectivity index (χ3n) is 3.95. The number of carbonyl (C=O) groups excluding carboxylic acids is 1. The molecule has 1 amide bonds. The summed E-state index contributed by atoms with van der Waals surface area (Å²) in [6.45, 7) is 5.61. The van der Waals surface area contributed by atoms with Crippen molar-refractivity contribution in [1.82, 2.24) is 25.2 Å². The number of nitrogens with one attached hydrogen (secondary N) is 2. The summed E-state index contributed by atoms with van der Waals surface area (Å²) in [6, 6.07) is 3.57. The van der Waals surface area contributed by atoms with Crippen LogP contribution < -0.4 is 10.6 Å². The number of nitrogens with zero attached hydrogens (tertiary/aromatic N) is 3. The first-order valence-corrected chi connectivity index (χ1v) is 7.73. The number of rotatable bonds is 4. The Morgan fingerprint density at radius 3 is 2.80 bits per heavy atom. The second-order valence-electron chi connectivity index (χ2n) is 5.59. The SMILES string of the molecule is Cc1nccn1-c1ccc(CNC(=O)[C@H]2NCCO[C@@H]2C)cn1.Cl.Cl. The van der Waals surface area contributed by atoms with Crippen LogP contribution in [0.1, 0.15) is 18.3 Å². The van der Waals surface area contributed by atoms with Gasteiger partial charge in [-0.15, -0.1) is 24.8 Å². The summed E-state index contributed by atoms with van der Waals surface area (Å²) in [4.78, 5) is 20.8. The predicted molar refractivity (Wildman–Crippen MR) is 99.6 cm³/mol. The Labute approximate surface area is 159 Å². The quantitative estimate of drug-likeness (QED) is 0.828. The van der Waals surface area contributed by atoms with Gasteiger partial charge in [-0.25, -0.2) is 9.97 Å². The summed E-state index contributed by atoms with van der Waals surface area (Å²) in [5.74, 6) is 1.65. The summed E-state index contributed by atoms with van der Waals surface area (Å²) >= 11 is 0. The molecule has 0 unspecified atom stereocenters. The first-order valence-electron chi connectivity index (χ1n) is 7.73. The van der Waals surface area contributed by atoms with Gasteiger partial charge in [-0.3, -0.25) is 9.36 Å². The van der Waals surface area contributed by atoms with Gasteiger partial charge in [0.25, 0.3) is 0 Å². The van der Waals surface area contributed by atoms with Crippen LogP contribution in [0.25, 0.3) is 5.82 Å². The molecule has 3 rings (SSSR count). The van der Waals surface area contributed by atoms with E-state index in [2.05, 4.69) is 20.6 Å². The molecule has 2 aromatic rings. The van der Waals surface area contributed by atoms with Gasteiger partial charge >= 0.3 is 0 Å². The van der Waals surface area contributed by atoms with Crippen molar-refractivity contribution in [3.8, 4) is 5.82 Å². The lowest BCUT2D eigenvalue weighted by molar-refractivity contribution is -0.129. The zero-order valence-corrected chi connectivity index (χ0v) is 15.8. The van der Waals surface area contributed by atoms with E-state index < -0.39 is 0 Å². The van der Waals surface area contributed by atoms with E-state index in [1.54, 1.807) is 12.4 Å². The highest BCUT2D eigenvalue weighted by Gasteiger charge is 2.27. The van der Waals surface area contributed by atoms with Crippen LogP contribution in [-0.2, 0) is 16.1 Å². The van der Waals surface area contributed by atoms with Gasteiger partial charge in [0, 0.05) is 31.7 Å². The molecule has 0 radical (unpaired) electrons. The Morgan fingerprint density at radius 1 is 1.40 bits per heavy atom. The van der Waals surface area contributed by atoms with Crippen LogP contribution in [0.4, 0.5) is 0 Å². The molecule has 138 valence electrons. The molecule has 25 heavy (non-hydrogen) atoms. The summed E-state index contributed by atoms with van der Waals surface area (Å²) < 4.78 is 7.40. The fourth-order valence-electron chi connectivity index (χ4n) is 2.61. The number of aryl methyl sites for hydroxylation is 1. The highest BCUT2D eigenvalue weighted by molar-refractivity contribution is 5.85. The van der Waals surface area contributed by atoms with Crippen molar-refractivity contribution < 1.29 is 9.53 Å². The molecule has 2 aromatic heterocycles. The number of carbonyl (C=O) groups is 1. The van der Waals surface area contributed by atoms with Crippen molar-refractivity contribution in [2.45, 2.75) is 32.5 Å². The molecule has 1 saturated heterocycles. The van der Waals surface area contributed by atoms with Crippen molar-refractivity contribution >= 4 is 30.7 Å². The molecular weight excluding hydrogens is 365 g/mol. The van der Waals surface area contributed by atoms with E-state index in [0.29, 0.717) is 19.7 Å². The van der Waals surface area contributed by atoms with Gasteiger partial charge in [-0.1, -0.05) is 6.07 Å². The molecule has 3 heterocycles. The fraction of sp³-hybridized carbons (Fsp3) is 0.438. The maximum Gasteiger partial charge on any atom is 0.240 e. The smallest absolute Gasteiger partial charge is 0.240 e. The minimum absolute atomic E-state index is 0. The second-order valence-corrected chi connectivity index (χ2v) is 5.59. The molecule has 0 spiro atoms. The van der Waals surface area contributed by atoms with Crippen molar-refractivity contribution in [1.29, 1.82) is 0 Å². The number of ether oxygens (including phenoxy) is 1. The topological polar surface area (TPSA) is 81.1 Å². The highest BCUT2D eigenvalue weighted by atomic mass is 35.5. The molecule has 1 aliphatic rings. The largest absolute Gasteiger partial charge is 0.375 e. The Balaban J connectivity index is 0.00000156. The molecule has 0 aromatic carbocycles. The fourth-order valence-corrected chi connectivity index (χ4v) is 2.61. The second kappa shape index (κ2) is 9.72. The monoisotopic (exact) mass is 387 g/mol. The molecule has 1 fully saturated rings. The normalized spacial score (nSPS) is 19.4. The molecule has 2 N–H and O–H groups in total. The van der Waals surface area contributed by atoms with Gasteiger partial charge in [0.05, 0.1) is 12.7 Å². The molecule has 7 nitrogen and oxygen atoms in total. The molecule has 0 saturated carbocycles. The number of hydrogen-bond acceptors (Lipinski definition) is 5. The molecule has 2 atom stereocenters. The first-order chi connectivity index (χ1) is 11.1. The van der Waals surface area contributed by atoms with E-state index >= 15 is 0 Å².